The normalized spacial score (nSPS) is 35.6. The summed E-state index contributed by atoms with van der Waals surface area (Å²) >= 11 is 0. The average molecular weight is 165 g/mol. The number of rotatable bonds is 1. The maximum atomic E-state index is 11.5. The van der Waals surface area contributed by atoms with Crippen LogP contribution in [-0.2, 0) is 9.09 Å². The van der Waals surface area contributed by atoms with Crippen molar-refractivity contribution in [3.63, 3.8) is 0 Å². The average Bonchev–Trinajstić information content (AvgIpc) is 2.15. The molecular weight excluding hydrogens is 153 g/mol. The Kier molecular flexibility index (Phi) is 2.12. The number of nitrogens with zero attached hydrogens (tertiary/aromatic N) is 2. The summed E-state index contributed by atoms with van der Waals surface area (Å²) < 4.78 is 19.3. The van der Waals surface area contributed by atoms with Crippen molar-refractivity contribution in [3.05, 3.63) is 0 Å². The Balaban J connectivity index is 2.76. The fraction of sp³-hybridized carbons (Fsp3) is 1.00. The molecule has 0 aromatic carbocycles. The van der Waals surface area contributed by atoms with E-state index in [9.17, 15) is 4.57 Å². The summed E-state index contributed by atoms with van der Waals surface area (Å²) in [5, 5.41) is 0. The lowest BCUT2D eigenvalue weighted by Gasteiger charge is -2.23. The monoisotopic (exact) mass is 165 g/mol. The van der Waals surface area contributed by atoms with Gasteiger partial charge in [0.2, 0.25) is 0 Å². The predicted molar refractivity (Wildman–Crippen MR) is 38.1 cm³/mol. The highest BCUT2D eigenvalue weighted by Gasteiger charge is 2.37. The Morgan fingerprint density at radius 1 is 1.70 bits per heavy atom. The Hall–Kier alpha value is 0.0700. The molecule has 1 fully saturated rings. The van der Waals surface area contributed by atoms with Crippen LogP contribution >= 0.6 is 7.67 Å². The highest BCUT2D eigenvalue weighted by Crippen LogP contribution is 2.53. The van der Waals surface area contributed by atoms with Gasteiger partial charge in [0.1, 0.15) is 0 Å². The van der Waals surface area contributed by atoms with Crippen molar-refractivity contribution in [2.45, 2.75) is 0 Å². The van der Waals surface area contributed by atoms with E-state index in [1.54, 1.807) is 14.1 Å². The van der Waals surface area contributed by atoms with Gasteiger partial charge < -0.3 is 4.52 Å². The van der Waals surface area contributed by atoms with Gasteiger partial charge in [-0.15, -0.1) is 0 Å². The molecular formula is C4H12N3O2P. The first-order valence-electron chi connectivity index (χ1n) is 3.02. The van der Waals surface area contributed by atoms with E-state index < -0.39 is 7.67 Å². The first-order chi connectivity index (χ1) is 4.57. The second kappa shape index (κ2) is 2.60. The van der Waals surface area contributed by atoms with Crippen LogP contribution in [0.2, 0.25) is 0 Å². The van der Waals surface area contributed by atoms with Crippen LogP contribution in [0.4, 0.5) is 0 Å². The largest absolute Gasteiger partial charge is 0.358 e. The number of hydrazine groups is 1. The molecule has 0 unspecified atom stereocenters. The van der Waals surface area contributed by atoms with Crippen molar-refractivity contribution in [2.24, 2.45) is 5.84 Å². The molecule has 2 N–H and O–H groups in total. The van der Waals surface area contributed by atoms with Gasteiger partial charge >= 0.3 is 7.67 Å². The van der Waals surface area contributed by atoms with Gasteiger partial charge in [0.05, 0.1) is 6.61 Å². The second-order valence-electron chi connectivity index (χ2n) is 2.33. The Morgan fingerprint density at radius 2 is 2.30 bits per heavy atom. The van der Waals surface area contributed by atoms with Crippen molar-refractivity contribution in [3.8, 4) is 0 Å². The molecule has 1 rings (SSSR count). The van der Waals surface area contributed by atoms with Crippen molar-refractivity contribution >= 4 is 7.67 Å². The zero-order chi connectivity index (χ0) is 7.78. The van der Waals surface area contributed by atoms with E-state index >= 15 is 0 Å². The molecule has 1 saturated heterocycles. The quantitative estimate of drug-likeness (QED) is 0.433. The van der Waals surface area contributed by atoms with Crippen LogP contribution in [0.15, 0.2) is 0 Å². The standard InChI is InChI=1S/C4H12N3O2P/c1-6(2)10(8)7(5)3-4-9-10/h3-5H2,1-2H3/t10-/m0/s1. The SMILES string of the molecule is CN(C)[P@]1(=O)OCCN1N. The summed E-state index contributed by atoms with van der Waals surface area (Å²) in [6.07, 6.45) is 0. The van der Waals surface area contributed by atoms with E-state index in [0.29, 0.717) is 13.2 Å². The third-order valence-corrected chi connectivity index (χ3v) is 3.79. The van der Waals surface area contributed by atoms with Crippen molar-refractivity contribution in [1.82, 2.24) is 9.45 Å². The number of nitrogens with two attached hydrogens (primary N) is 1. The van der Waals surface area contributed by atoms with Crippen molar-refractivity contribution < 1.29 is 9.09 Å². The molecule has 1 aliphatic rings. The number of hydrogen-bond acceptors (Lipinski definition) is 3. The van der Waals surface area contributed by atoms with Gasteiger partial charge in [0, 0.05) is 6.54 Å². The van der Waals surface area contributed by atoms with Gasteiger partial charge in [-0.25, -0.2) is 4.67 Å². The van der Waals surface area contributed by atoms with E-state index in [-0.39, 0.29) is 0 Å². The summed E-state index contributed by atoms with van der Waals surface area (Å²) in [6.45, 7) is 0.988. The fourth-order valence-corrected chi connectivity index (χ4v) is 2.29. The van der Waals surface area contributed by atoms with Crippen LogP contribution in [0.5, 0.6) is 0 Å². The second-order valence-corrected chi connectivity index (χ2v) is 4.89. The van der Waals surface area contributed by atoms with Gasteiger partial charge in [-0.05, 0) is 14.1 Å². The summed E-state index contributed by atoms with van der Waals surface area (Å²) in [7, 11) is 0.584. The van der Waals surface area contributed by atoms with Crippen LogP contribution in [0.3, 0.4) is 0 Å². The summed E-state index contributed by atoms with van der Waals surface area (Å²) in [5.74, 6) is 5.42. The van der Waals surface area contributed by atoms with Gasteiger partial charge in [-0.3, -0.25) is 10.4 Å². The highest BCUT2D eigenvalue weighted by molar-refractivity contribution is 7.54. The van der Waals surface area contributed by atoms with Crippen LogP contribution in [0.1, 0.15) is 0 Å². The third kappa shape index (κ3) is 1.11. The van der Waals surface area contributed by atoms with Gasteiger partial charge in [-0.1, -0.05) is 0 Å². The Morgan fingerprint density at radius 3 is 2.50 bits per heavy atom. The first-order valence-corrected chi connectivity index (χ1v) is 4.55. The smallest absolute Gasteiger partial charge is 0.304 e. The minimum Gasteiger partial charge on any atom is -0.304 e. The molecule has 1 aliphatic heterocycles. The predicted octanol–water partition coefficient (Wildman–Crippen LogP) is -0.138. The molecule has 1 heterocycles. The third-order valence-electron chi connectivity index (χ3n) is 1.41. The lowest BCUT2D eigenvalue weighted by Crippen LogP contribution is -2.29. The minimum absolute atomic E-state index is 0.450. The van der Waals surface area contributed by atoms with Crippen LogP contribution in [0, 0.1) is 0 Å². The minimum atomic E-state index is -2.79. The van der Waals surface area contributed by atoms with Crippen molar-refractivity contribution in [2.75, 3.05) is 27.2 Å². The fourth-order valence-electron chi connectivity index (χ4n) is 0.799. The molecule has 0 radical (unpaired) electrons. The topological polar surface area (TPSA) is 58.8 Å². The van der Waals surface area contributed by atoms with E-state index in [2.05, 4.69) is 0 Å². The van der Waals surface area contributed by atoms with Crippen LogP contribution < -0.4 is 5.84 Å². The first kappa shape index (κ1) is 8.17. The van der Waals surface area contributed by atoms with Gasteiger partial charge in [0.15, 0.2) is 0 Å². The molecule has 0 aromatic rings. The zero-order valence-electron chi connectivity index (χ0n) is 6.15. The maximum Gasteiger partial charge on any atom is 0.358 e. The summed E-state index contributed by atoms with van der Waals surface area (Å²) in [5.41, 5.74) is 0. The lowest BCUT2D eigenvalue weighted by molar-refractivity contribution is 0.318. The summed E-state index contributed by atoms with van der Waals surface area (Å²) in [6, 6.07) is 0. The molecule has 0 amide bonds. The molecule has 0 bridgehead atoms. The molecule has 10 heavy (non-hydrogen) atoms. The van der Waals surface area contributed by atoms with E-state index in [0.717, 1.165) is 0 Å². The molecule has 6 heteroatoms. The molecule has 1 atom stereocenters. The Labute approximate surface area is 60.3 Å². The molecule has 0 aliphatic carbocycles. The van der Waals surface area contributed by atoms with Crippen molar-refractivity contribution in [1.29, 1.82) is 0 Å². The molecule has 5 nitrogen and oxygen atoms in total. The van der Waals surface area contributed by atoms with Gasteiger partial charge in [-0.2, -0.15) is 4.78 Å². The lowest BCUT2D eigenvalue weighted by atomic mass is 10.7. The van der Waals surface area contributed by atoms with E-state index in [1.165, 1.54) is 9.45 Å². The van der Waals surface area contributed by atoms with Crippen LogP contribution in [0.25, 0.3) is 0 Å². The van der Waals surface area contributed by atoms with E-state index in [4.69, 9.17) is 10.4 Å². The summed E-state index contributed by atoms with van der Waals surface area (Å²) in [4.78, 5) is 0. The molecule has 0 saturated carbocycles. The molecule has 0 aromatic heterocycles. The van der Waals surface area contributed by atoms with Gasteiger partial charge in [0.25, 0.3) is 0 Å². The number of hydrogen-bond donors (Lipinski definition) is 1. The van der Waals surface area contributed by atoms with E-state index in [1.807, 2.05) is 0 Å². The molecule has 60 valence electrons. The Bertz CT molecular complexity index is 172. The highest BCUT2D eigenvalue weighted by atomic mass is 31.2. The van der Waals surface area contributed by atoms with Crippen LogP contribution in [-0.4, -0.2) is 36.7 Å². The zero-order valence-corrected chi connectivity index (χ0v) is 7.04. The molecule has 0 spiro atoms. The maximum absolute atomic E-state index is 11.5.